The van der Waals surface area contributed by atoms with Crippen molar-refractivity contribution in [2.75, 3.05) is 5.32 Å². The van der Waals surface area contributed by atoms with E-state index < -0.39 is 5.91 Å². The molecule has 0 saturated carbocycles. The van der Waals surface area contributed by atoms with E-state index in [0.717, 1.165) is 28.5 Å². The molecule has 0 fully saturated rings. The number of anilines is 2. The zero-order valence-corrected chi connectivity index (χ0v) is 17.1. The van der Waals surface area contributed by atoms with E-state index in [4.69, 9.17) is 15.7 Å². The van der Waals surface area contributed by atoms with Gasteiger partial charge in [-0.3, -0.25) is 14.8 Å². The zero-order valence-electron chi connectivity index (χ0n) is 17.1. The first-order valence-electron chi connectivity index (χ1n) is 10.3. The van der Waals surface area contributed by atoms with Gasteiger partial charge in [0.2, 0.25) is 0 Å². The summed E-state index contributed by atoms with van der Waals surface area (Å²) in [7, 11) is 0. The highest BCUT2D eigenvalue weighted by Gasteiger charge is 2.16. The smallest absolute Gasteiger partial charge is 0.250 e. The van der Waals surface area contributed by atoms with Gasteiger partial charge in [0.15, 0.2) is 5.82 Å². The Bertz CT molecular complexity index is 1360. The number of rotatable bonds is 5. The van der Waals surface area contributed by atoms with Crippen LogP contribution in [0.5, 0.6) is 0 Å². The van der Waals surface area contributed by atoms with E-state index in [1.807, 2.05) is 42.7 Å². The highest BCUT2D eigenvalue weighted by Crippen LogP contribution is 2.32. The second-order valence-electron chi connectivity index (χ2n) is 7.46. The Hall–Kier alpha value is -4.39. The second-order valence-corrected chi connectivity index (χ2v) is 7.46. The Morgan fingerprint density at radius 2 is 1.97 bits per heavy atom. The third-order valence-corrected chi connectivity index (χ3v) is 5.38. The van der Waals surface area contributed by atoms with Crippen molar-refractivity contribution in [1.82, 2.24) is 15.0 Å². The number of pyridine rings is 1. The summed E-state index contributed by atoms with van der Waals surface area (Å²) in [4.78, 5) is 29.9. The molecule has 1 atom stereocenters. The number of hydrogen-bond acceptors (Lipinski definition) is 6. The van der Waals surface area contributed by atoms with E-state index in [0.29, 0.717) is 22.9 Å². The highest BCUT2D eigenvalue weighted by molar-refractivity contribution is 6.01. The number of allylic oxidation sites excluding steroid dienone is 1. The summed E-state index contributed by atoms with van der Waals surface area (Å²) in [5.41, 5.74) is 9.30. The lowest BCUT2D eigenvalue weighted by atomic mass is 9.94. The minimum absolute atomic E-state index is 0.237. The predicted octanol–water partition coefficient (Wildman–Crippen LogP) is 4.61. The molecule has 3 N–H and O–H groups in total. The first-order valence-corrected chi connectivity index (χ1v) is 10.3. The lowest BCUT2D eigenvalue weighted by molar-refractivity contribution is 0.100. The largest absolute Gasteiger partial charge is 0.366 e. The average molecular weight is 420 g/mol. The number of fused-ring (bicyclic) bond motifs is 1. The van der Waals surface area contributed by atoms with Crippen molar-refractivity contribution in [2.24, 2.45) is 10.7 Å². The number of para-hydroxylation sites is 1. The number of hydrogen-bond donors (Lipinski definition) is 2. The molecule has 2 aromatic heterocycles. The van der Waals surface area contributed by atoms with Gasteiger partial charge in [-0.15, -0.1) is 0 Å². The summed E-state index contributed by atoms with van der Waals surface area (Å²) in [6, 6.07) is 17.0. The van der Waals surface area contributed by atoms with Crippen molar-refractivity contribution < 1.29 is 4.79 Å². The van der Waals surface area contributed by atoms with Crippen LogP contribution in [0, 0.1) is 0 Å². The van der Waals surface area contributed by atoms with Crippen LogP contribution in [0.25, 0.3) is 22.3 Å². The van der Waals surface area contributed by atoms with Crippen molar-refractivity contribution in [2.45, 2.75) is 12.3 Å². The molecule has 0 spiro atoms. The molecule has 3 heterocycles. The van der Waals surface area contributed by atoms with E-state index in [-0.39, 0.29) is 5.92 Å². The third kappa shape index (κ3) is 3.83. The van der Waals surface area contributed by atoms with Crippen molar-refractivity contribution >= 4 is 34.5 Å². The van der Waals surface area contributed by atoms with Gasteiger partial charge in [-0.25, -0.2) is 9.97 Å². The topological polar surface area (TPSA) is 106 Å². The van der Waals surface area contributed by atoms with Crippen LogP contribution >= 0.6 is 0 Å². The van der Waals surface area contributed by atoms with Gasteiger partial charge in [0.1, 0.15) is 5.82 Å². The SMILES string of the molecule is NC(=O)c1ccccc1Nc1nc(-c2cccnc2)nc2ccc(C3C=CN=CC3)cc12. The number of aromatic nitrogens is 3. The molecule has 0 bridgehead atoms. The Balaban J connectivity index is 1.67. The molecule has 0 aliphatic carbocycles. The summed E-state index contributed by atoms with van der Waals surface area (Å²) in [6.45, 7) is 0. The van der Waals surface area contributed by atoms with Gasteiger partial charge in [0.25, 0.3) is 5.91 Å². The molecule has 7 nitrogen and oxygen atoms in total. The molecule has 156 valence electrons. The fraction of sp³-hybridized carbons (Fsp3) is 0.0800. The summed E-state index contributed by atoms with van der Waals surface area (Å²) in [5, 5.41) is 4.17. The lowest BCUT2D eigenvalue weighted by Gasteiger charge is -2.16. The van der Waals surface area contributed by atoms with Gasteiger partial charge in [0, 0.05) is 41.7 Å². The fourth-order valence-corrected chi connectivity index (χ4v) is 3.75. The third-order valence-electron chi connectivity index (χ3n) is 5.38. The summed E-state index contributed by atoms with van der Waals surface area (Å²) in [6.07, 6.45) is 10.1. The van der Waals surface area contributed by atoms with Crippen LogP contribution in [-0.2, 0) is 0 Å². The first-order chi connectivity index (χ1) is 15.7. The molecule has 1 unspecified atom stereocenters. The van der Waals surface area contributed by atoms with E-state index in [1.165, 1.54) is 0 Å². The number of aliphatic imine (C=N–C) groups is 1. The van der Waals surface area contributed by atoms with Crippen LogP contribution < -0.4 is 11.1 Å². The van der Waals surface area contributed by atoms with Gasteiger partial charge < -0.3 is 11.1 Å². The minimum Gasteiger partial charge on any atom is -0.366 e. The average Bonchev–Trinajstić information content (AvgIpc) is 2.85. The van der Waals surface area contributed by atoms with Crippen LogP contribution in [-0.4, -0.2) is 27.1 Å². The molecule has 1 amide bonds. The number of benzene rings is 2. The normalized spacial score (nSPS) is 15.1. The molecule has 0 radical (unpaired) electrons. The van der Waals surface area contributed by atoms with Crippen LogP contribution in [0.15, 0.2) is 84.3 Å². The second kappa shape index (κ2) is 8.39. The van der Waals surface area contributed by atoms with Crippen LogP contribution in [0.1, 0.15) is 28.3 Å². The molecule has 5 rings (SSSR count). The Kier molecular flexibility index (Phi) is 5.13. The predicted molar refractivity (Wildman–Crippen MR) is 126 cm³/mol. The van der Waals surface area contributed by atoms with Crippen molar-refractivity contribution in [3.05, 3.63) is 90.4 Å². The van der Waals surface area contributed by atoms with E-state index >= 15 is 0 Å². The number of amides is 1. The maximum atomic E-state index is 11.9. The van der Waals surface area contributed by atoms with E-state index in [2.05, 4.69) is 33.5 Å². The van der Waals surface area contributed by atoms with E-state index in [1.54, 1.807) is 24.5 Å². The molecule has 0 saturated heterocycles. The molecular formula is C25H20N6O. The van der Waals surface area contributed by atoms with Gasteiger partial charge >= 0.3 is 0 Å². The quantitative estimate of drug-likeness (QED) is 0.490. The van der Waals surface area contributed by atoms with Gasteiger partial charge in [-0.1, -0.05) is 24.3 Å². The molecule has 32 heavy (non-hydrogen) atoms. The standard InChI is InChI=1S/C25H20N6O/c26-23(32)19-5-1-2-6-21(19)30-25-20-14-17(16-9-12-27-13-10-16)7-8-22(20)29-24(31-25)18-4-3-11-28-15-18/h1-9,11-16H,10H2,(H2,26,32)(H,29,30,31). The summed E-state index contributed by atoms with van der Waals surface area (Å²) in [5.74, 6) is 0.867. The molecule has 2 aromatic carbocycles. The number of nitrogens with zero attached hydrogens (tertiary/aromatic N) is 4. The van der Waals surface area contributed by atoms with Crippen LogP contribution in [0.2, 0.25) is 0 Å². The number of nitrogens with one attached hydrogen (secondary N) is 1. The maximum Gasteiger partial charge on any atom is 0.250 e. The number of carbonyl (C=O) groups excluding carboxylic acids is 1. The number of carbonyl (C=O) groups is 1. The Labute approximate surface area is 184 Å². The summed E-state index contributed by atoms with van der Waals surface area (Å²) < 4.78 is 0. The van der Waals surface area contributed by atoms with Crippen LogP contribution in [0.4, 0.5) is 11.5 Å². The van der Waals surface area contributed by atoms with Gasteiger partial charge in [-0.05, 0) is 48.4 Å². The lowest BCUT2D eigenvalue weighted by Crippen LogP contribution is -2.13. The van der Waals surface area contributed by atoms with Crippen molar-refractivity contribution in [3.63, 3.8) is 0 Å². The fourth-order valence-electron chi connectivity index (χ4n) is 3.75. The maximum absolute atomic E-state index is 11.9. The number of primary amides is 1. The monoisotopic (exact) mass is 420 g/mol. The van der Waals surface area contributed by atoms with Crippen molar-refractivity contribution in [1.29, 1.82) is 0 Å². The number of nitrogens with two attached hydrogens (primary N) is 1. The van der Waals surface area contributed by atoms with Gasteiger partial charge in [-0.2, -0.15) is 0 Å². The Morgan fingerprint density at radius 1 is 1.06 bits per heavy atom. The first kappa shape index (κ1) is 19.6. The molecule has 4 aromatic rings. The van der Waals surface area contributed by atoms with Gasteiger partial charge in [0.05, 0.1) is 16.8 Å². The highest BCUT2D eigenvalue weighted by atomic mass is 16.1. The minimum atomic E-state index is -0.508. The zero-order chi connectivity index (χ0) is 21.9. The molecule has 1 aliphatic rings. The summed E-state index contributed by atoms with van der Waals surface area (Å²) >= 11 is 0. The van der Waals surface area contributed by atoms with E-state index in [9.17, 15) is 4.79 Å². The Morgan fingerprint density at radius 3 is 2.75 bits per heavy atom. The molecule has 7 heteroatoms. The van der Waals surface area contributed by atoms with Crippen molar-refractivity contribution in [3.8, 4) is 11.4 Å². The molecule has 1 aliphatic heterocycles. The van der Waals surface area contributed by atoms with Crippen LogP contribution in [0.3, 0.4) is 0 Å². The molecular weight excluding hydrogens is 400 g/mol.